The Hall–Kier alpha value is -0.820. The molecular formula is C13H21F3N2O2. The molecule has 4 atom stereocenters. The highest BCUT2D eigenvalue weighted by molar-refractivity contribution is 5.70. The van der Waals surface area contributed by atoms with Crippen molar-refractivity contribution >= 4 is 5.97 Å². The maximum Gasteiger partial charge on any atom is 0.392 e. The number of piperazine rings is 1. The molecule has 4 nitrogen and oxygen atoms in total. The topological polar surface area (TPSA) is 52.6 Å². The van der Waals surface area contributed by atoms with Gasteiger partial charge in [0, 0.05) is 31.7 Å². The van der Waals surface area contributed by atoms with Crippen LogP contribution in [0.3, 0.4) is 0 Å². The molecule has 2 rings (SSSR count). The summed E-state index contributed by atoms with van der Waals surface area (Å²) in [7, 11) is 0. The molecule has 116 valence electrons. The van der Waals surface area contributed by atoms with Crippen molar-refractivity contribution in [1.82, 2.24) is 10.2 Å². The van der Waals surface area contributed by atoms with Gasteiger partial charge in [-0.1, -0.05) is 0 Å². The van der Waals surface area contributed by atoms with Crippen molar-refractivity contribution in [2.24, 2.45) is 11.8 Å². The van der Waals surface area contributed by atoms with Gasteiger partial charge in [-0.25, -0.2) is 0 Å². The van der Waals surface area contributed by atoms with E-state index in [4.69, 9.17) is 5.11 Å². The van der Waals surface area contributed by atoms with Crippen LogP contribution in [0.2, 0.25) is 0 Å². The van der Waals surface area contributed by atoms with Crippen LogP contribution in [0.4, 0.5) is 13.2 Å². The van der Waals surface area contributed by atoms with E-state index in [-0.39, 0.29) is 24.9 Å². The van der Waals surface area contributed by atoms with Crippen molar-refractivity contribution in [3.05, 3.63) is 0 Å². The van der Waals surface area contributed by atoms with E-state index >= 15 is 0 Å². The van der Waals surface area contributed by atoms with Gasteiger partial charge in [0.2, 0.25) is 0 Å². The van der Waals surface area contributed by atoms with Gasteiger partial charge in [-0.05, 0) is 26.2 Å². The smallest absolute Gasteiger partial charge is 0.392 e. The molecule has 1 saturated carbocycles. The van der Waals surface area contributed by atoms with Crippen LogP contribution < -0.4 is 5.32 Å². The van der Waals surface area contributed by atoms with Crippen molar-refractivity contribution in [1.29, 1.82) is 0 Å². The SMILES string of the molecule is CC1CN(C2CCC(C(=O)O)C(C(F)(F)F)C2)CCN1. The van der Waals surface area contributed by atoms with E-state index < -0.39 is 24.0 Å². The van der Waals surface area contributed by atoms with E-state index in [1.165, 1.54) is 0 Å². The Morgan fingerprint density at radius 2 is 2.05 bits per heavy atom. The second-order valence-corrected chi connectivity index (χ2v) is 5.91. The number of aliphatic carboxylic acids is 1. The van der Waals surface area contributed by atoms with E-state index in [9.17, 15) is 18.0 Å². The molecule has 2 aliphatic rings. The second kappa shape index (κ2) is 5.89. The van der Waals surface area contributed by atoms with Gasteiger partial charge in [-0.2, -0.15) is 13.2 Å². The van der Waals surface area contributed by atoms with E-state index in [1.807, 2.05) is 6.92 Å². The molecule has 2 fully saturated rings. The van der Waals surface area contributed by atoms with Crippen LogP contribution in [0.15, 0.2) is 0 Å². The average Bonchev–Trinajstić information content (AvgIpc) is 2.37. The Kier molecular flexibility index (Phi) is 4.59. The molecule has 2 N–H and O–H groups in total. The number of halogens is 3. The summed E-state index contributed by atoms with van der Waals surface area (Å²) in [5.41, 5.74) is 0. The molecule has 0 aromatic carbocycles. The van der Waals surface area contributed by atoms with Crippen molar-refractivity contribution in [2.75, 3.05) is 19.6 Å². The number of hydrogen-bond donors (Lipinski definition) is 2. The number of nitrogens with one attached hydrogen (secondary N) is 1. The summed E-state index contributed by atoms with van der Waals surface area (Å²) in [5, 5.41) is 12.2. The fraction of sp³-hybridized carbons (Fsp3) is 0.923. The molecule has 0 radical (unpaired) electrons. The van der Waals surface area contributed by atoms with E-state index in [0.29, 0.717) is 6.42 Å². The predicted molar refractivity (Wildman–Crippen MR) is 67.3 cm³/mol. The van der Waals surface area contributed by atoms with Crippen LogP contribution in [0, 0.1) is 11.8 Å². The number of rotatable bonds is 2. The lowest BCUT2D eigenvalue weighted by Gasteiger charge is -2.43. The van der Waals surface area contributed by atoms with Crippen LogP contribution in [-0.2, 0) is 4.79 Å². The number of alkyl halides is 3. The first-order valence-corrected chi connectivity index (χ1v) is 7.06. The fourth-order valence-corrected chi connectivity index (χ4v) is 3.43. The minimum atomic E-state index is -4.43. The summed E-state index contributed by atoms with van der Waals surface area (Å²) >= 11 is 0. The zero-order chi connectivity index (χ0) is 14.9. The van der Waals surface area contributed by atoms with E-state index in [2.05, 4.69) is 10.2 Å². The number of carbonyl (C=O) groups is 1. The minimum absolute atomic E-state index is 0.0901. The molecule has 0 aromatic heterocycles. The molecule has 20 heavy (non-hydrogen) atoms. The van der Waals surface area contributed by atoms with Gasteiger partial charge in [0.15, 0.2) is 0 Å². The second-order valence-electron chi connectivity index (χ2n) is 5.91. The monoisotopic (exact) mass is 294 g/mol. The number of hydrogen-bond acceptors (Lipinski definition) is 3. The summed E-state index contributed by atoms with van der Waals surface area (Å²) in [6, 6.07) is 0.118. The molecule has 0 bridgehead atoms. The fourth-order valence-electron chi connectivity index (χ4n) is 3.43. The highest BCUT2D eigenvalue weighted by Gasteiger charge is 2.51. The zero-order valence-electron chi connectivity index (χ0n) is 11.5. The Morgan fingerprint density at radius 1 is 1.35 bits per heavy atom. The van der Waals surface area contributed by atoms with Crippen molar-refractivity contribution in [3.8, 4) is 0 Å². The molecule has 7 heteroatoms. The summed E-state index contributed by atoms with van der Waals surface area (Å²) in [4.78, 5) is 13.1. The molecule has 0 aromatic rings. The third-order valence-corrected chi connectivity index (χ3v) is 4.48. The lowest BCUT2D eigenvalue weighted by Crippen LogP contribution is -2.55. The van der Waals surface area contributed by atoms with Crippen molar-refractivity contribution in [2.45, 2.75) is 44.4 Å². The quantitative estimate of drug-likeness (QED) is 0.814. The maximum absolute atomic E-state index is 13.1. The Morgan fingerprint density at radius 3 is 2.60 bits per heavy atom. The Labute approximate surface area is 116 Å². The summed E-state index contributed by atoms with van der Waals surface area (Å²) in [6.07, 6.45) is -3.87. The lowest BCUT2D eigenvalue weighted by atomic mass is 9.75. The summed E-state index contributed by atoms with van der Waals surface area (Å²) in [5.74, 6) is -4.32. The highest BCUT2D eigenvalue weighted by Crippen LogP contribution is 2.43. The van der Waals surface area contributed by atoms with E-state index in [0.717, 1.165) is 19.6 Å². The van der Waals surface area contributed by atoms with Crippen LogP contribution in [0.25, 0.3) is 0 Å². The normalized spacial score (nSPS) is 36.8. The van der Waals surface area contributed by atoms with Gasteiger partial charge >= 0.3 is 12.1 Å². The molecule has 1 aliphatic heterocycles. The number of nitrogens with zero attached hydrogens (tertiary/aromatic N) is 1. The Bertz CT molecular complexity index is 362. The maximum atomic E-state index is 13.1. The van der Waals surface area contributed by atoms with E-state index in [1.54, 1.807) is 0 Å². The first-order valence-electron chi connectivity index (χ1n) is 7.06. The molecule has 4 unspecified atom stereocenters. The molecule has 1 heterocycles. The van der Waals surface area contributed by atoms with Crippen LogP contribution in [-0.4, -0.2) is 53.9 Å². The third-order valence-electron chi connectivity index (χ3n) is 4.48. The van der Waals surface area contributed by atoms with Gasteiger partial charge < -0.3 is 10.4 Å². The molecule has 0 amide bonds. The van der Waals surface area contributed by atoms with Gasteiger partial charge in [-0.15, -0.1) is 0 Å². The van der Waals surface area contributed by atoms with Gasteiger partial charge in [0.1, 0.15) is 0 Å². The van der Waals surface area contributed by atoms with Crippen molar-refractivity contribution in [3.63, 3.8) is 0 Å². The first-order chi connectivity index (χ1) is 9.29. The van der Waals surface area contributed by atoms with Crippen LogP contribution in [0.5, 0.6) is 0 Å². The lowest BCUT2D eigenvalue weighted by molar-refractivity contribution is -0.208. The molecule has 0 spiro atoms. The minimum Gasteiger partial charge on any atom is -0.481 e. The number of carboxylic acid groups (broad SMARTS) is 1. The highest BCUT2D eigenvalue weighted by atomic mass is 19.4. The molecule has 1 saturated heterocycles. The average molecular weight is 294 g/mol. The first kappa shape index (κ1) is 15.6. The van der Waals surface area contributed by atoms with Gasteiger partial charge in [0.05, 0.1) is 11.8 Å². The number of carboxylic acids is 1. The molecule has 1 aliphatic carbocycles. The van der Waals surface area contributed by atoms with Crippen LogP contribution in [0.1, 0.15) is 26.2 Å². The largest absolute Gasteiger partial charge is 0.481 e. The van der Waals surface area contributed by atoms with Crippen LogP contribution >= 0.6 is 0 Å². The Balaban J connectivity index is 2.06. The van der Waals surface area contributed by atoms with Gasteiger partial charge in [0.25, 0.3) is 0 Å². The third kappa shape index (κ3) is 3.44. The summed E-state index contributed by atoms with van der Waals surface area (Å²) in [6.45, 7) is 4.25. The van der Waals surface area contributed by atoms with Gasteiger partial charge in [-0.3, -0.25) is 9.69 Å². The zero-order valence-corrected chi connectivity index (χ0v) is 11.5. The molecular weight excluding hydrogens is 273 g/mol. The van der Waals surface area contributed by atoms with Crippen molar-refractivity contribution < 1.29 is 23.1 Å². The summed E-state index contributed by atoms with van der Waals surface area (Å²) < 4.78 is 39.2. The predicted octanol–water partition coefficient (Wildman–Crippen LogP) is 1.71. The standard InChI is InChI=1S/C13H21F3N2O2/c1-8-7-18(5-4-17-8)9-2-3-10(12(19)20)11(6-9)13(14,15)16/h8-11,17H,2-7H2,1H3,(H,19,20).